The minimum atomic E-state index is -0.589. The van der Waals surface area contributed by atoms with E-state index >= 15 is 4.39 Å². The number of anilines is 1. The lowest BCUT2D eigenvalue weighted by Crippen LogP contribution is -2.34. The maximum Gasteiger partial charge on any atom is 0.277 e. The highest BCUT2D eigenvalue weighted by molar-refractivity contribution is 6.32. The minimum absolute atomic E-state index is 0.0109. The average molecular weight is 444 g/mol. The predicted molar refractivity (Wildman–Crippen MR) is 117 cm³/mol. The van der Waals surface area contributed by atoms with Crippen molar-refractivity contribution in [1.29, 1.82) is 0 Å². The van der Waals surface area contributed by atoms with Crippen LogP contribution in [-0.2, 0) is 0 Å². The van der Waals surface area contributed by atoms with Gasteiger partial charge in [0, 0.05) is 22.2 Å². The van der Waals surface area contributed by atoms with Gasteiger partial charge in [0.15, 0.2) is 5.82 Å². The van der Waals surface area contributed by atoms with Gasteiger partial charge in [-0.1, -0.05) is 49.2 Å². The van der Waals surface area contributed by atoms with E-state index < -0.39 is 11.9 Å². The Labute approximate surface area is 184 Å². The van der Waals surface area contributed by atoms with Crippen molar-refractivity contribution in [3.8, 4) is 11.1 Å². The van der Waals surface area contributed by atoms with Gasteiger partial charge in [-0.05, 0) is 49.1 Å². The fourth-order valence-corrected chi connectivity index (χ4v) is 4.96. The van der Waals surface area contributed by atoms with Gasteiger partial charge in [0.2, 0.25) is 0 Å². The molecule has 30 heavy (non-hydrogen) atoms. The Balaban J connectivity index is 1.91. The molecule has 3 heterocycles. The molecule has 7 heteroatoms. The van der Waals surface area contributed by atoms with Crippen molar-refractivity contribution in [3.63, 3.8) is 0 Å². The number of halogens is 3. The summed E-state index contributed by atoms with van der Waals surface area (Å²) in [5.41, 5.74) is 4.75. The summed E-state index contributed by atoms with van der Waals surface area (Å²) >= 11 is 12.5. The van der Waals surface area contributed by atoms with Crippen molar-refractivity contribution in [1.82, 2.24) is 9.78 Å². The maximum atomic E-state index is 15.3. The van der Waals surface area contributed by atoms with Crippen LogP contribution >= 0.6 is 23.2 Å². The monoisotopic (exact) mass is 443 g/mol. The summed E-state index contributed by atoms with van der Waals surface area (Å²) in [6, 6.07) is 8.31. The molecule has 0 saturated carbocycles. The molecule has 0 unspecified atom stereocenters. The lowest BCUT2D eigenvalue weighted by atomic mass is 9.85. The van der Waals surface area contributed by atoms with Crippen molar-refractivity contribution >= 4 is 34.8 Å². The quantitative estimate of drug-likeness (QED) is 0.438. The van der Waals surface area contributed by atoms with Crippen LogP contribution in [0, 0.1) is 5.82 Å². The number of fused-ring (bicyclic) bond motifs is 8. The van der Waals surface area contributed by atoms with Gasteiger partial charge >= 0.3 is 0 Å². The first-order valence-corrected chi connectivity index (χ1v) is 10.7. The van der Waals surface area contributed by atoms with Crippen molar-refractivity contribution in [3.05, 3.63) is 68.7 Å². The van der Waals surface area contributed by atoms with E-state index in [9.17, 15) is 4.79 Å². The molecule has 0 N–H and O–H groups in total. The van der Waals surface area contributed by atoms with E-state index in [1.165, 1.54) is 11.0 Å². The lowest BCUT2D eigenvalue weighted by Gasteiger charge is -2.35. The summed E-state index contributed by atoms with van der Waals surface area (Å²) < 4.78 is 17.1. The summed E-state index contributed by atoms with van der Waals surface area (Å²) in [5.74, 6) is -0.760. The van der Waals surface area contributed by atoms with Crippen molar-refractivity contribution in [2.24, 2.45) is 0 Å². The highest BCUT2D eigenvalue weighted by atomic mass is 35.5. The maximum absolute atomic E-state index is 15.3. The molecular formula is C23H20Cl2FN3O. The molecule has 3 aromatic rings. The van der Waals surface area contributed by atoms with E-state index in [2.05, 4.69) is 0 Å². The number of rotatable bonds is 2. The van der Waals surface area contributed by atoms with Gasteiger partial charge in [0.05, 0.1) is 22.4 Å². The second-order valence-electron chi connectivity index (χ2n) is 8.41. The molecule has 2 aliphatic heterocycles. The number of benzene rings is 2. The number of carbonyl (C=O) groups is 1. The molecule has 4 nitrogen and oxygen atoms in total. The molecule has 0 radical (unpaired) electrons. The number of aromatic nitrogens is 2. The lowest BCUT2D eigenvalue weighted by molar-refractivity contribution is 0.0980. The fraction of sp³-hybridized carbons (Fsp3) is 0.304. The summed E-state index contributed by atoms with van der Waals surface area (Å²) in [6.45, 7) is 8.07. The van der Waals surface area contributed by atoms with E-state index in [1.807, 2.05) is 39.8 Å². The van der Waals surface area contributed by atoms with Crippen LogP contribution in [0.25, 0.3) is 11.1 Å². The van der Waals surface area contributed by atoms with Gasteiger partial charge in [-0.2, -0.15) is 5.10 Å². The number of carbonyl (C=O) groups excluding carboxylic acids is 1. The van der Waals surface area contributed by atoms with Crippen molar-refractivity contribution in [2.75, 3.05) is 4.90 Å². The Kier molecular flexibility index (Phi) is 4.28. The number of hydrogen-bond acceptors (Lipinski definition) is 2. The van der Waals surface area contributed by atoms with Gasteiger partial charge in [-0.25, -0.2) is 4.39 Å². The molecule has 0 bridgehead atoms. The summed E-state index contributed by atoms with van der Waals surface area (Å²) in [5, 5.41) is 5.33. The van der Waals surface area contributed by atoms with E-state index in [4.69, 9.17) is 28.3 Å². The molecule has 2 aliphatic rings. The molecule has 2 aromatic carbocycles. The topological polar surface area (TPSA) is 38.1 Å². The van der Waals surface area contributed by atoms with Gasteiger partial charge in [0.25, 0.3) is 5.91 Å². The number of hydrogen-bond donors (Lipinski definition) is 0. The third-order valence-electron chi connectivity index (χ3n) is 5.87. The Morgan fingerprint density at radius 3 is 2.43 bits per heavy atom. The zero-order valence-electron chi connectivity index (χ0n) is 17.0. The smallest absolute Gasteiger partial charge is 0.277 e. The zero-order valence-corrected chi connectivity index (χ0v) is 18.5. The van der Waals surface area contributed by atoms with Gasteiger partial charge in [0.1, 0.15) is 5.69 Å². The molecule has 0 aliphatic carbocycles. The second-order valence-corrected chi connectivity index (χ2v) is 9.25. The Morgan fingerprint density at radius 1 is 1.07 bits per heavy atom. The number of amides is 1. The van der Waals surface area contributed by atoms with Crippen molar-refractivity contribution < 1.29 is 9.18 Å². The molecule has 1 atom stereocenters. The molecule has 154 valence electrons. The van der Waals surface area contributed by atoms with E-state index in [0.717, 1.165) is 22.4 Å². The first-order valence-electron chi connectivity index (χ1n) is 9.96. The molecule has 1 aromatic heterocycles. The van der Waals surface area contributed by atoms with Crippen LogP contribution in [-0.4, -0.2) is 15.7 Å². The summed E-state index contributed by atoms with van der Waals surface area (Å²) in [4.78, 5) is 15.3. The third kappa shape index (κ3) is 2.45. The molecular weight excluding hydrogens is 424 g/mol. The highest BCUT2D eigenvalue weighted by Crippen LogP contribution is 2.55. The van der Waals surface area contributed by atoms with Crippen LogP contribution < -0.4 is 4.90 Å². The highest BCUT2D eigenvalue weighted by Gasteiger charge is 2.49. The minimum Gasteiger partial charge on any atom is -0.292 e. The van der Waals surface area contributed by atoms with Crippen molar-refractivity contribution in [2.45, 2.75) is 45.7 Å². The van der Waals surface area contributed by atoms with Crippen LogP contribution in [0.3, 0.4) is 0 Å². The van der Waals surface area contributed by atoms with Gasteiger partial charge in [-0.15, -0.1) is 0 Å². The average Bonchev–Trinajstić information content (AvgIpc) is 3.21. The van der Waals surface area contributed by atoms with Crippen LogP contribution in [0.4, 0.5) is 10.1 Å². The predicted octanol–water partition coefficient (Wildman–Crippen LogP) is 6.76. The Morgan fingerprint density at radius 2 is 1.77 bits per heavy atom. The van der Waals surface area contributed by atoms with E-state index in [0.29, 0.717) is 16.3 Å². The fourth-order valence-electron chi connectivity index (χ4n) is 4.63. The second kappa shape index (κ2) is 6.56. The SMILES string of the molecule is CC(C)c1nn(C(C)C)c2c1[C@@H]1c3cc(Cl)ccc3-c3ccc(Cl)c(F)c3N1C2=O. The molecule has 0 saturated heterocycles. The first kappa shape index (κ1) is 19.6. The first-order chi connectivity index (χ1) is 14.2. The molecule has 5 rings (SSSR count). The third-order valence-corrected chi connectivity index (χ3v) is 6.40. The normalized spacial score (nSPS) is 16.8. The molecule has 0 spiro atoms. The van der Waals surface area contributed by atoms with Crippen LogP contribution in [0.1, 0.15) is 73.0 Å². The van der Waals surface area contributed by atoms with Crippen LogP contribution in [0.2, 0.25) is 10.0 Å². The summed E-state index contributed by atoms with van der Waals surface area (Å²) in [7, 11) is 0. The number of nitrogens with zero attached hydrogens (tertiary/aromatic N) is 3. The summed E-state index contributed by atoms with van der Waals surface area (Å²) in [6.07, 6.45) is 0. The molecule has 1 amide bonds. The van der Waals surface area contributed by atoms with E-state index in [-0.39, 0.29) is 28.6 Å². The van der Waals surface area contributed by atoms with Gasteiger partial charge < -0.3 is 0 Å². The largest absolute Gasteiger partial charge is 0.292 e. The van der Waals surface area contributed by atoms with E-state index in [1.54, 1.807) is 16.8 Å². The Bertz CT molecular complexity index is 1230. The van der Waals surface area contributed by atoms with Crippen LogP contribution in [0.15, 0.2) is 30.3 Å². The molecule has 0 fully saturated rings. The zero-order chi connectivity index (χ0) is 21.5. The standard InChI is InChI=1S/C23H20Cl2FN3O/c1-10(2)19-17-20-15-9-12(24)5-6-13(15)14-7-8-16(25)18(26)21(14)28(20)23(30)22(17)29(27-19)11(3)4/h5-11,20H,1-4H3/t20-/m0/s1. The Hall–Kier alpha value is -2.37. The van der Waals surface area contributed by atoms with Crippen LogP contribution in [0.5, 0.6) is 0 Å². The van der Waals surface area contributed by atoms with Gasteiger partial charge in [-0.3, -0.25) is 14.4 Å².